The molecule has 2 aromatic rings. The van der Waals surface area contributed by atoms with E-state index in [-0.39, 0.29) is 0 Å². The molecule has 0 fully saturated rings. The van der Waals surface area contributed by atoms with Crippen LogP contribution in [0.2, 0.25) is 0 Å². The highest BCUT2D eigenvalue weighted by molar-refractivity contribution is 7.10. The number of rotatable bonds is 3. The molecule has 1 aromatic heterocycles. The summed E-state index contributed by atoms with van der Waals surface area (Å²) in [5.41, 5.74) is 2.68. The monoisotopic (exact) mass is 216 g/mol. The Kier molecular flexibility index (Phi) is 3.22. The lowest BCUT2D eigenvalue weighted by molar-refractivity contribution is 0.654. The highest BCUT2D eigenvalue weighted by atomic mass is 32.1. The minimum absolute atomic E-state index is 0.743. The van der Waals surface area contributed by atoms with Gasteiger partial charge in [-0.25, -0.2) is 0 Å². The van der Waals surface area contributed by atoms with Crippen LogP contribution in [0.4, 0.5) is 0 Å². The highest BCUT2D eigenvalue weighted by Gasteiger charge is 2.03. The first-order valence-electron chi connectivity index (χ1n) is 5.38. The zero-order chi connectivity index (χ0) is 10.7. The molecular weight excluding hydrogens is 200 g/mol. The van der Waals surface area contributed by atoms with Crippen LogP contribution in [0.5, 0.6) is 0 Å². The molecule has 1 heteroatoms. The molecule has 2 rings (SSSR count). The fourth-order valence-corrected chi connectivity index (χ4v) is 2.78. The maximum Gasteiger partial charge on any atom is 0.00541 e. The molecule has 0 saturated carbocycles. The van der Waals surface area contributed by atoms with E-state index in [0.717, 1.165) is 5.92 Å². The fraction of sp³-hybridized carbons (Fsp3) is 0.286. The van der Waals surface area contributed by atoms with E-state index < -0.39 is 0 Å². The molecule has 0 unspecified atom stereocenters. The van der Waals surface area contributed by atoms with E-state index in [4.69, 9.17) is 0 Å². The number of hydrogen-bond acceptors (Lipinski definition) is 1. The molecule has 0 bridgehead atoms. The Bertz CT molecular complexity index is 412. The van der Waals surface area contributed by atoms with Gasteiger partial charge in [-0.05, 0) is 34.9 Å². The summed E-state index contributed by atoms with van der Waals surface area (Å²) in [7, 11) is 0. The van der Waals surface area contributed by atoms with Gasteiger partial charge in [-0.2, -0.15) is 0 Å². The second kappa shape index (κ2) is 4.63. The Balaban J connectivity index is 2.21. The molecular formula is C14H16S. The van der Waals surface area contributed by atoms with Crippen molar-refractivity contribution < 1.29 is 0 Å². The summed E-state index contributed by atoms with van der Waals surface area (Å²) < 4.78 is 0. The van der Waals surface area contributed by atoms with Gasteiger partial charge in [0, 0.05) is 4.88 Å². The van der Waals surface area contributed by atoms with Gasteiger partial charge in [0.25, 0.3) is 0 Å². The normalized spacial score (nSPS) is 10.9. The molecule has 0 aliphatic rings. The summed E-state index contributed by atoms with van der Waals surface area (Å²) >= 11 is 1.87. The predicted octanol–water partition coefficient (Wildman–Crippen LogP) is 4.61. The molecule has 0 nitrogen and oxygen atoms in total. The third-order valence-corrected chi connectivity index (χ3v) is 3.33. The Hall–Kier alpha value is -1.08. The minimum atomic E-state index is 0.743. The topological polar surface area (TPSA) is 0 Å². The van der Waals surface area contributed by atoms with Gasteiger partial charge in [0.1, 0.15) is 0 Å². The van der Waals surface area contributed by atoms with Crippen molar-refractivity contribution in [3.63, 3.8) is 0 Å². The average Bonchev–Trinajstić information content (AvgIpc) is 2.67. The second-order valence-electron chi connectivity index (χ2n) is 4.27. The van der Waals surface area contributed by atoms with E-state index in [2.05, 4.69) is 55.6 Å². The maximum atomic E-state index is 2.32. The SMILES string of the molecule is CC(C)Cc1cc(-c2ccccc2)cs1. The smallest absolute Gasteiger partial charge is 0.00541 e. The van der Waals surface area contributed by atoms with Crippen molar-refractivity contribution in [3.05, 3.63) is 46.7 Å². The van der Waals surface area contributed by atoms with Crippen molar-refractivity contribution >= 4 is 11.3 Å². The van der Waals surface area contributed by atoms with Crippen LogP contribution in [-0.2, 0) is 6.42 Å². The quantitative estimate of drug-likeness (QED) is 0.702. The standard InChI is InChI=1S/C14H16S/c1-11(2)8-14-9-13(10-15-14)12-6-4-3-5-7-12/h3-7,9-11H,8H2,1-2H3. The molecule has 1 heterocycles. The first kappa shape index (κ1) is 10.4. The van der Waals surface area contributed by atoms with Crippen molar-refractivity contribution in [3.8, 4) is 11.1 Å². The molecule has 0 atom stereocenters. The van der Waals surface area contributed by atoms with Crippen LogP contribution in [0.3, 0.4) is 0 Å². The molecule has 0 aliphatic carbocycles. The van der Waals surface area contributed by atoms with Crippen molar-refractivity contribution in [2.45, 2.75) is 20.3 Å². The van der Waals surface area contributed by atoms with Crippen molar-refractivity contribution in [1.82, 2.24) is 0 Å². The molecule has 78 valence electrons. The average molecular weight is 216 g/mol. The van der Waals surface area contributed by atoms with Crippen molar-refractivity contribution in [2.75, 3.05) is 0 Å². The van der Waals surface area contributed by atoms with Crippen LogP contribution < -0.4 is 0 Å². The summed E-state index contributed by atoms with van der Waals surface area (Å²) in [6.07, 6.45) is 1.19. The summed E-state index contributed by atoms with van der Waals surface area (Å²) in [5.74, 6) is 0.743. The lowest BCUT2D eigenvalue weighted by Crippen LogP contribution is -1.89. The molecule has 0 N–H and O–H groups in total. The fourth-order valence-electron chi connectivity index (χ4n) is 1.67. The number of thiophene rings is 1. The van der Waals surface area contributed by atoms with Gasteiger partial charge in [-0.3, -0.25) is 0 Å². The van der Waals surface area contributed by atoms with Crippen molar-refractivity contribution in [2.24, 2.45) is 5.92 Å². The van der Waals surface area contributed by atoms with E-state index in [9.17, 15) is 0 Å². The highest BCUT2D eigenvalue weighted by Crippen LogP contribution is 2.26. The maximum absolute atomic E-state index is 2.32. The first-order chi connectivity index (χ1) is 7.25. The van der Waals surface area contributed by atoms with Crippen LogP contribution >= 0.6 is 11.3 Å². The van der Waals surface area contributed by atoms with E-state index in [1.54, 1.807) is 0 Å². The zero-order valence-corrected chi connectivity index (χ0v) is 10.1. The minimum Gasteiger partial charge on any atom is -0.148 e. The van der Waals surface area contributed by atoms with Gasteiger partial charge in [-0.15, -0.1) is 11.3 Å². The van der Waals surface area contributed by atoms with Gasteiger partial charge in [0.05, 0.1) is 0 Å². The van der Waals surface area contributed by atoms with Gasteiger partial charge in [-0.1, -0.05) is 44.2 Å². The molecule has 0 aliphatic heterocycles. The Labute approximate surface area is 95.6 Å². The summed E-state index contributed by atoms with van der Waals surface area (Å²) in [5, 5.41) is 2.26. The van der Waals surface area contributed by atoms with Crippen LogP contribution in [0.25, 0.3) is 11.1 Å². The van der Waals surface area contributed by atoms with Gasteiger partial charge < -0.3 is 0 Å². The van der Waals surface area contributed by atoms with Gasteiger partial charge in [0.15, 0.2) is 0 Å². The second-order valence-corrected chi connectivity index (χ2v) is 5.26. The van der Waals surface area contributed by atoms with Crippen LogP contribution in [0, 0.1) is 5.92 Å². The van der Waals surface area contributed by atoms with Gasteiger partial charge in [0.2, 0.25) is 0 Å². The summed E-state index contributed by atoms with van der Waals surface area (Å²) in [4.78, 5) is 1.49. The predicted molar refractivity (Wildman–Crippen MR) is 68.3 cm³/mol. The number of benzene rings is 1. The largest absolute Gasteiger partial charge is 0.148 e. The molecule has 0 saturated heterocycles. The summed E-state index contributed by atoms with van der Waals surface area (Å²) in [6.45, 7) is 4.53. The van der Waals surface area contributed by atoms with Crippen molar-refractivity contribution in [1.29, 1.82) is 0 Å². The molecule has 0 spiro atoms. The molecule has 0 amide bonds. The third kappa shape index (κ3) is 2.69. The van der Waals surface area contributed by atoms with Gasteiger partial charge >= 0.3 is 0 Å². The first-order valence-corrected chi connectivity index (χ1v) is 6.26. The lowest BCUT2D eigenvalue weighted by Gasteiger charge is -1.99. The third-order valence-electron chi connectivity index (χ3n) is 2.37. The number of hydrogen-bond donors (Lipinski definition) is 0. The zero-order valence-electron chi connectivity index (χ0n) is 9.23. The molecule has 1 aromatic carbocycles. The lowest BCUT2D eigenvalue weighted by atomic mass is 10.1. The van der Waals surface area contributed by atoms with E-state index in [0.29, 0.717) is 0 Å². The molecule has 15 heavy (non-hydrogen) atoms. The Morgan fingerprint density at radius 2 is 1.80 bits per heavy atom. The van der Waals surface area contributed by atoms with E-state index in [1.807, 2.05) is 11.3 Å². The Morgan fingerprint density at radius 1 is 1.07 bits per heavy atom. The summed E-state index contributed by atoms with van der Waals surface area (Å²) in [6, 6.07) is 12.9. The Morgan fingerprint density at radius 3 is 2.47 bits per heavy atom. The van der Waals surface area contributed by atoms with E-state index >= 15 is 0 Å². The van der Waals surface area contributed by atoms with E-state index in [1.165, 1.54) is 22.4 Å². The van der Waals surface area contributed by atoms with Crippen LogP contribution in [0.15, 0.2) is 41.8 Å². The van der Waals surface area contributed by atoms with Crippen LogP contribution in [-0.4, -0.2) is 0 Å². The molecule has 0 radical (unpaired) electrons. The van der Waals surface area contributed by atoms with Crippen LogP contribution in [0.1, 0.15) is 18.7 Å².